The van der Waals surface area contributed by atoms with E-state index >= 15 is 0 Å². The van der Waals surface area contributed by atoms with Gasteiger partial charge in [-0.25, -0.2) is 0 Å². The largest absolute Gasteiger partial charge is 0.416 e. The predicted molar refractivity (Wildman–Crippen MR) is 81.7 cm³/mol. The average molecular weight is 371 g/mol. The summed E-state index contributed by atoms with van der Waals surface area (Å²) in [7, 11) is 0. The highest BCUT2D eigenvalue weighted by molar-refractivity contribution is 7.80. The van der Waals surface area contributed by atoms with Crippen LogP contribution in [0.1, 0.15) is 24.0 Å². The first kappa shape index (κ1) is 18.8. The molecule has 0 unspecified atom stereocenters. The van der Waals surface area contributed by atoms with Gasteiger partial charge >= 0.3 is 12.4 Å². The van der Waals surface area contributed by atoms with E-state index in [1.54, 1.807) is 0 Å². The molecule has 1 aromatic rings. The molecule has 0 aromatic heterocycles. The molecule has 0 aliphatic carbocycles. The summed E-state index contributed by atoms with van der Waals surface area (Å²) in [4.78, 5) is 0. The van der Waals surface area contributed by atoms with E-state index < -0.39 is 23.5 Å². The molecule has 2 rings (SSSR count). The molecule has 1 heterocycles. The molecule has 0 spiro atoms. The lowest BCUT2D eigenvalue weighted by atomic mass is 10.1. The monoisotopic (exact) mass is 371 g/mol. The molecular weight excluding hydrogens is 356 g/mol. The van der Waals surface area contributed by atoms with Gasteiger partial charge in [0.25, 0.3) is 0 Å². The summed E-state index contributed by atoms with van der Waals surface area (Å²) in [5.74, 6) is 0. The fourth-order valence-electron chi connectivity index (χ4n) is 2.35. The summed E-state index contributed by atoms with van der Waals surface area (Å²) < 4.78 is 76.6. The SMILES string of the molecule is FC(F)(F)c1cc(NC(=S)NC[C@H]2CCCN2)cc(C(F)(F)F)c1. The van der Waals surface area contributed by atoms with Crippen LogP contribution in [0.5, 0.6) is 0 Å². The van der Waals surface area contributed by atoms with Crippen LogP contribution in [0.2, 0.25) is 0 Å². The smallest absolute Gasteiger partial charge is 0.361 e. The van der Waals surface area contributed by atoms with Gasteiger partial charge in [-0.1, -0.05) is 0 Å². The van der Waals surface area contributed by atoms with Crippen LogP contribution >= 0.6 is 12.2 Å². The Hall–Kier alpha value is -1.55. The maximum absolute atomic E-state index is 12.8. The number of hydrogen-bond donors (Lipinski definition) is 3. The molecule has 3 N–H and O–H groups in total. The van der Waals surface area contributed by atoms with Crippen LogP contribution in [0.15, 0.2) is 18.2 Å². The van der Waals surface area contributed by atoms with Crippen LogP contribution in [0.25, 0.3) is 0 Å². The molecule has 0 saturated carbocycles. The van der Waals surface area contributed by atoms with Gasteiger partial charge in [0.2, 0.25) is 0 Å². The molecule has 0 radical (unpaired) electrons. The highest BCUT2D eigenvalue weighted by atomic mass is 32.1. The van der Waals surface area contributed by atoms with Gasteiger partial charge < -0.3 is 16.0 Å². The van der Waals surface area contributed by atoms with Crippen LogP contribution in [0.4, 0.5) is 32.0 Å². The van der Waals surface area contributed by atoms with E-state index in [9.17, 15) is 26.3 Å². The summed E-state index contributed by atoms with van der Waals surface area (Å²) >= 11 is 4.93. The first-order valence-electron chi connectivity index (χ1n) is 7.13. The number of hydrogen-bond acceptors (Lipinski definition) is 2. The quantitative estimate of drug-likeness (QED) is 0.559. The minimum absolute atomic E-state index is 0.0313. The second kappa shape index (κ2) is 7.14. The maximum atomic E-state index is 12.8. The third kappa shape index (κ3) is 5.23. The Kier molecular flexibility index (Phi) is 5.59. The average Bonchev–Trinajstić information content (AvgIpc) is 2.96. The molecule has 0 amide bonds. The zero-order valence-corrected chi connectivity index (χ0v) is 13.1. The van der Waals surface area contributed by atoms with Crippen molar-refractivity contribution in [3.63, 3.8) is 0 Å². The Balaban J connectivity index is 2.11. The standard InChI is InChI=1S/C14H15F6N3S/c15-13(16,17)8-4-9(14(18,19)20)6-11(5-8)23-12(24)22-7-10-2-1-3-21-10/h4-6,10,21H,1-3,7H2,(H2,22,23,24)/t10-/m1/s1. The fourth-order valence-corrected chi connectivity index (χ4v) is 2.55. The summed E-state index contributed by atoms with van der Waals surface area (Å²) in [5, 5.41) is 8.32. The third-order valence-corrected chi connectivity index (χ3v) is 3.76. The van der Waals surface area contributed by atoms with E-state index in [1.807, 2.05) is 0 Å². The third-order valence-electron chi connectivity index (χ3n) is 3.52. The molecule has 0 bridgehead atoms. The second-order valence-corrected chi connectivity index (χ2v) is 5.83. The first-order valence-corrected chi connectivity index (χ1v) is 7.54. The van der Waals surface area contributed by atoms with Gasteiger partial charge in [0, 0.05) is 18.3 Å². The Morgan fingerprint density at radius 1 is 1.08 bits per heavy atom. The molecular formula is C14H15F6N3S. The topological polar surface area (TPSA) is 36.1 Å². The van der Waals surface area contributed by atoms with Crippen molar-refractivity contribution in [3.8, 4) is 0 Å². The maximum Gasteiger partial charge on any atom is 0.416 e. The molecule has 1 aromatic carbocycles. The Labute approximate surface area is 139 Å². The number of thiocarbonyl (C=S) groups is 1. The number of benzene rings is 1. The van der Waals surface area contributed by atoms with E-state index in [0.717, 1.165) is 19.4 Å². The lowest BCUT2D eigenvalue weighted by Crippen LogP contribution is -2.39. The van der Waals surface area contributed by atoms with Crippen molar-refractivity contribution in [1.29, 1.82) is 0 Å². The van der Waals surface area contributed by atoms with Crippen molar-refractivity contribution in [2.75, 3.05) is 18.4 Å². The fraction of sp³-hybridized carbons (Fsp3) is 0.500. The van der Waals surface area contributed by atoms with E-state index in [0.29, 0.717) is 18.7 Å². The Bertz CT molecular complexity index is 561. The van der Waals surface area contributed by atoms with Crippen molar-refractivity contribution in [2.45, 2.75) is 31.2 Å². The lowest BCUT2D eigenvalue weighted by molar-refractivity contribution is -0.143. The molecule has 1 aliphatic rings. The predicted octanol–water partition coefficient (Wildman–Crippen LogP) is 3.76. The van der Waals surface area contributed by atoms with Gasteiger partial charge in [-0.05, 0) is 49.8 Å². The summed E-state index contributed by atoms with van der Waals surface area (Å²) in [6.07, 6.45) is -7.84. The molecule has 1 aliphatic heterocycles. The van der Waals surface area contributed by atoms with Gasteiger partial charge in [-0.3, -0.25) is 0 Å². The van der Waals surface area contributed by atoms with E-state index in [4.69, 9.17) is 12.2 Å². The van der Waals surface area contributed by atoms with Crippen molar-refractivity contribution in [2.24, 2.45) is 0 Å². The van der Waals surface area contributed by atoms with Crippen LogP contribution < -0.4 is 16.0 Å². The van der Waals surface area contributed by atoms with Gasteiger partial charge in [0.05, 0.1) is 11.1 Å². The van der Waals surface area contributed by atoms with Crippen LogP contribution in [0.3, 0.4) is 0 Å². The van der Waals surface area contributed by atoms with Gasteiger partial charge in [-0.15, -0.1) is 0 Å². The van der Waals surface area contributed by atoms with E-state index in [-0.39, 0.29) is 22.9 Å². The summed E-state index contributed by atoms with van der Waals surface area (Å²) in [6.45, 7) is 1.31. The summed E-state index contributed by atoms with van der Waals surface area (Å²) in [5.41, 5.74) is -3.14. The first-order chi connectivity index (χ1) is 11.1. The van der Waals surface area contributed by atoms with Crippen molar-refractivity contribution in [1.82, 2.24) is 10.6 Å². The number of anilines is 1. The number of alkyl halides is 6. The number of halogens is 6. The Morgan fingerprint density at radius 3 is 2.12 bits per heavy atom. The highest BCUT2D eigenvalue weighted by Gasteiger charge is 2.37. The number of nitrogens with one attached hydrogen (secondary N) is 3. The van der Waals surface area contributed by atoms with Crippen LogP contribution in [-0.4, -0.2) is 24.2 Å². The molecule has 10 heteroatoms. The highest BCUT2D eigenvalue weighted by Crippen LogP contribution is 2.37. The zero-order valence-electron chi connectivity index (χ0n) is 12.3. The van der Waals surface area contributed by atoms with Crippen molar-refractivity contribution < 1.29 is 26.3 Å². The van der Waals surface area contributed by atoms with Crippen LogP contribution in [0, 0.1) is 0 Å². The molecule has 24 heavy (non-hydrogen) atoms. The van der Waals surface area contributed by atoms with E-state index in [1.165, 1.54) is 0 Å². The van der Waals surface area contributed by atoms with Gasteiger partial charge in [-0.2, -0.15) is 26.3 Å². The molecule has 1 atom stereocenters. The van der Waals surface area contributed by atoms with Crippen molar-refractivity contribution in [3.05, 3.63) is 29.3 Å². The zero-order chi connectivity index (χ0) is 18.0. The number of rotatable bonds is 3. The summed E-state index contributed by atoms with van der Waals surface area (Å²) in [6, 6.07) is 1.44. The minimum atomic E-state index is -4.89. The molecule has 1 fully saturated rings. The molecule has 1 saturated heterocycles. The second-order valence-electron chi connectivity index (χ2n) is 5.42. The Morgan fingerprint density at radius 2 is 1.67 bits per heavy atom. The van der Waals surface area contributed by atoms with Gasteiger partial charge in [0.15, 0.2) is 5.11 Å². The van der Waals surface area contributed by atoms with Gasteiger partial charge in [0.1, 0.15) is 0 Å². The van der Waals surface area contributed by atoms with E-state index in [2.05, 4.69) is 16.0 Å². The lowest BCUT2D eigenvalue weighted by Gasteiger charge is -2.17. The normalized spacial score (nSPS) is 18.5. The van der Waals surface area contributed by atoms with Crippen LogP contribution in [-0.2, 0) is 12.4 Å². The van der Waals surface area contributed by atoms with Crippen molar-refractivity contribution >= 4 is 23.0 Å². The minimum Gasteiger partial charge on any atom is -0.361 e. The molecule has 3 nitrogen and oxygen atoms in total. The molecule has 134 valence electrons.